The van der Waals surface area contributed by atoms with E-state index in [0.29, 0.717) is 0 Å². The van der Waals surface area contributed by atoms with E-state index in [1.165, 1.54) is 4.90 Å². The topological polar surface area (TPSA) is 78.5 Å². The van der Waals surface area contributed by atoms with Crippen LogP contribution in [-0.4, -0.2) is 34.2 Å². The van der Waals surface area contributed by atoms with Crippen LogP contribution in [0.1, 0.15) is 38.8 Å². The number of hydrogen-bond donors (Lipinski definition) is 2. The monoisotopic (exact) mass is 341 g/mol. The summed E-state index contributed by atoms with van der Waals surface area (Å²) in [5.41, 5.74) is 0.698. The fourth-order valence-corrected chi connectivity index (χ4v) is 4.80. The number of fused-ring (bicyclic) bond motifs is 4. The fraction of sp³-hybridized carbons (Fsp3) is 0.526. The van der Waals surface area contributed by atoms with Gasteiger partial charge in [0.25, 0.3) is 0 Å². The number of anilines is 1. The molecule has 0 aliphatic carbocycles. The van der Waals surface area contributed by atoms with E-state index < -0.39 is 22.9 Å². The number of carbonyl (C=O) groups is 3. The van der Waals surface area contributed by atoms with Crippen molar-refractivity contribution >= 4 is 23.4 Å². The average Bonchev–Trinajstić information content (AvgIpc) is 3.05. The number of likely N-dealkylation sites (tertiary alicyclic amines) is 1. The van der Waals surface area contributed by atoms with Crippen molar-refractivity contribution in [2.24, 2.45) is 11.8 Å². The smallest absolute Gasteiger partial charge is 0.250 e. The van der Waals surface area contributed by atoms with E-state index in [2.05, 4.69) is 10.6 Å². The molecule has 0 radical (unpaired) electrons. The van der Waals surface area contributed by atoms with Gasteiger partial charge in [-0.25, -0.2) is 0 Å². The Morgan fingerprint density at radius 2 is 1.80 bits per heavy atom. The predicted octanol–water partition coefficient (Wildman–Crippen LogP) is 1.53. The third-order valence-corrected chi connectivity index (χ3v) is 5.78. The highest BCUT2D eigenvalue weighted by Crippen LogP contribution is 2.54. The molecule has 1 aromatic carbocycles. The first-order chi connectivity index (χ1) is 11.6. The van der Waals surface area contributed by atoms with E-state index in [4.69, 9.17) is 0 Å². The molecule has 2 fully saturated rings. The number of nitrogens with zero attached hydrogens (tertiary/aromatic N) is 1. The summed E-state index contributed by atoms with van der Waals surface area (Å²) in [5, 5.41) is 6.25. The Kier molecular flexibility index (Phi) is 3.06. The van der Waals surface area contributed by atoms with Crippen molar-refractivity contribution in [2.75, 3.05) is 5.32 Å². The zero-order chi connectivity index (χ0) is 18.3. The first-order valence-electron chi connectivity index (χ1n) is 8.68. The summed E-state index contributed by atoms with van der Waals surface area (Å²) < 4.78 is 0. The number of para-hydroxylation sites is 1. The van der Waals surface area contributed by atoms with Crippen LogP contribution in [0.5, 0.6) is 0 Å². The van der Waals surface area contributed by atoms with Crippen LogP contribution in [0.4, 0.5) is 5.69 Å². The van der Waals surface area contributed by atoms with Crippen LogP contribution in [0.2, 0.25) is 0 Å². The zero-order valence-electron chi connectivity index (χ0n) is 15.1. The van der Waals surface area contributed by atoms with Crippen molar-refractivity contribution in [2.45, 2.75) is 51.7 Å². The van der Waals surface area contributed by atoms with E-state index in [1.54, 1.807) is 0 Å². The van der Waals surface area contributed by atoms with Gasteiger partial charge in [0.1, 0.15) is 5.54 Å². The summed E-state index contributed by atoms with van der Waals surface area (Å²) >= 11 is 0. The molecule has 1 aromatic rings. The Morgan fingerprint density at radius 3 is 2.44 bits per heavy atom. The lowest BCUT2D eigenvalue weighted by atomic mass is 9.76. The minimum Gasteiger partial charge on any atom is -0.324 e. The number of rotatable bonds is 0. The molecule has 132 valence electrons. The maximum atomic E-state index is 13.3. The second kappa shape index (κ2) is 4.69. The van der Waals surface area contributed by atoms with Gasteiger partial charge in [-0.15, -0.1) is 0 Å². The number of benzene rings is 1. The number of hydrogen-bond acceptors (Lipinski definition) is 4. The van der Waals surface area contributed by atoms with Gasteiger partial charge < -0.3 is 5.32 Å². The summed E-state index contributed by atoms with van der Waals surface area (Å²) in [6.45, 7) is 9.35. The Balaban J connectivity index is 1.93. The van der Waals surface area contributed by atoms with Crippen LogP contribution < -0.4 is 10.6 Å². The summed E-state index contributed by atoms with van der Waals surface area (Å²) in [4.78, 5) is 40.7. The third kappa shape index (κ3) is 1.80. The Hall–Kier alpha value is -2.21. The SMILES string of the molecule is Cc1cccc2c1NC(=O)[C@@]21N[C@@H](C)[C@H]2C(=O)N(C(C)(C)C)C(=O)[C@@H]21. The molecule has 2 N–H and O–H groups in total. The van der Waals surface area contributed by atoms with Crippen LogP contribution in [0.3, 0.4) is 0 Å². The lowest BCUT2D eigenvalue weighted by Crippen LogP contribution is -2.55. The summed E-state index contributed by atoms with van der Waals surface area (Å²) in [6, 6.07) is 5.43. The van der Waals surface area contributed by atoms with Crippen molar-refractivity contribution in [3.8, 4) is 0 Å². The van der Waals surface area contributed by atoms with E-state index in [9.17, 15) is 14.4 Å². The van der Waals surface area contributed by atoms with Crippen molar-refractivity contribution in [3.63, 3.8) is 0 Å². The number of carbonyl (C=O) groups excluding carboxylic acids is 3. The summed E-state index contributed by atoms with van der Waals surface area (Å²) in [7, 11) is 0. The molecule has 25 heavy (non-hydrogen) atoms. The molecule has 1 spiro atoms. The molecule has 3 aliphatic heterocycles. The molecule has 0 aromatic heterocycles. The van der Waals surface area contributed by atoms with E-state index in [1.807, 2.05) is 52.8 Å². The molecule has 3 aliphatic rings. The zero-order valence-corrected chi connectivity index (χ0v) is 15.1. The first-order valence-corrected chi connectivity index (χ1v) is 8.68. The number of amides is 3. The van der Waals surface area contributed by atoms with Gasteiger partial charge in [-0.3, -0.25) is 24.6 Å². The van der Waals surface area contributed by atoms with Crippen LogP contribution >= 0.6 is 0 Å². The van der Waals surface area contributed by atoms with Crippen LogP contribution in [-0.2, 0) is 19.9 Å². The maximum Gasteiger partial charge on any atom is 0.250 e. The van der Waals surface area contributed by atoms with Gasteiger partial charge in [-0.2, -0.15) is 0 Å². The van der Waals surface area contributed by atoms with Gasteiger partial charge in [0.2, 0.25) is 17.7 Å². The second-order valence-electron chi connectivity index (χ2n) is 8.38. The molecular formula is C19H23N3O3. The number of nitrogens with one attached hydrogen (secondary N) is 2. The largest absolute Gasteiger partial charge is 0.324 e. The lowest BCUT2D eigenvalue weighted by molar-refractivity contribution is -0.147. The molecule has 4 rings (SSSR count). The minimum atomic E-state index is -1.17. The van der Waals surface area contributed by atoms with Gasteiger partial charge in [0.05, 0.1) is 11.8 Å². The normalized spacial score (nSPS) is 33.9. The molecule has 6 nitrogen and oxygen atoms in total. The fourth-order valence-electron chi connectivity index (χ4n) is 4.80. The van der Waals surface area contributed by atoms with Crippen molar-refractivity contribution in [1.29, 1.82) is 0 Å². The highest BCUT2D eigenvalue weighted by Gasteiger charge is 2.70. The van der Waals surface area contributed by atoms with Gasteiger partial charge in [0, 0.05) is 22.8 Å². The molecule has 6 heteroatoms. The standard InChI is InChI=1S/C19H23N3O3/c1-9-7-6-8-11-14(9)20-17(25)19(11)13-12(10(2)21-19)15(23)22(16(13)24)18(3,4)5/h6-8,10,12-13,21H,1-5H3,(H,20,25)/t10-,12+,13+,19+/m0/s1. The third-order valence-electron chi connectivity index (χ3n) is 5.78. The Morgan fingerprint density at radius 1 is 1.12 bits per heavy atom. The van der Waals surface area contributed by atoms with E-state index >= 15 is 0 Å². The molecule has 0 unspecified atom stereocenters. The molecule has 3 heterocycles. The Labute approximate surface area is 147 Å². The Bertz CT molecular complexity index is 826. The average molecular weight is 341 g/mol. The van der Waals surface area contributed by atoms with Crippen molar-refractivity contribution < 1.29 is 14.4 Å². The predicted molar refractivity (Wildman–Crippen MR) is 92.7 cm³/mol. The molecule has 3 amide bonds. The maximum absolute atomic E-state index is 13.3. The van der Waals surface area contributed by atoms with Crippen molar-refractivity contribution in [1.82, 2.24) is 10.2 Å². The first kappa shape index (κ1) is 16.3. The van der Waals surface area contributed by atoms with Crippen LogP contribution in [0.15, 0.2) is 18.2 Å². The van der Waals surface area contributed by atoms with Crippen LogP contribution in [0, 0.1) is 18.8 Å². The number of imide groups is 1. The molecule has 0 saturated carbocycles. The highest BCUT2D eigenvalue weighted by atomic mass is 16.2. The highest BCUT2D eigenvalue weighted by molar-refractivity contribution is 6.15. The molecular weight excluding hydrogens is 318 g/mol. The molecule has 0 bridgehead atoms. The lowest BCUT2D eigenvalue weighted by Gasteiger charge is -2.34. The number of aryl methyl sites for hydroxylation is 1. The summed E-state index contributed by atoms with van der Waals surface area (Å²) in [5.74, 6) is -1.92. The van der Waals surface area contributed by atoms with Crippen LogP contribution in [0.25, 0.3) is 0 Å². The molecule has 4 atom stereocenters. The second-order valence-corrected chi connectivity index (χ2v) is 8.38. The van der Waals surface area contributed by atoms with Gasteiger partial charge >= 0.3 is 0 Å². The van der Waals surface area contributed by atoms with E-state index in [-0.39, 0.29) is 23.8 Å². The quantitative estimate of drug-likeness (QED) is 0.702. The van der Waals surface area contributed by atoms with E-state index in [0.717, 1.165) is 16.8 Å². The van der Waals surface area contributed by atoms with Gasteiger partial charge in [0.15, 0.2) is 0 Å². The minimum absolute atomic E-state index is 0.187. The van der Waals surface area contributed by atoms with Crippen molar-refractivity contribution in [3.05, 3.63) is 29.3 Å². The summed E-state index contributed by atoms with van der Waals surface area (Å²) in [6.07, 6.45) is 0. The molecule has 2 saturated heterocycles. The van der Waals surface area contributed by atoms with Gasteiger partial charge in [-0.05, 0) is 40.2 Å². The van der Waals surface area contributed by atoms with Gasteiger partial charge in [-0.1, -0.05) is 18.2 Å².